The fourth-order valence-electron chi connectivity index (χ4n) is 1.32. The number of esters is 1. The molecule has 0 aliphatic carbocycles. The van der Waals surface area contributed by atoms with E-state index < -0.39 is 0 Å². The third kappa shape index (κ3) is 3.05. The van der Waals surface area contributed by atoms with Crippen LogP contribution in [0.3, 0.4) is 0 Å². The summed E-state index contributed by atoms with van der Waals surface area (Å²) in [5, 5.41) is 0. The molecule has 0 amide bonds. The Labute approximate surface area is 79.3 Å². The molecule has 0 aromatic carbocycles. The van der Waals surface area contributed by atoms with E-state index in [2.05, 4.69) is 19.9 Å². The van der Waals surface area contributed by atoms with Crippen molar-refractivity contribution < 1.29 is 9.53 Å². The fourth-order valence-corrected chi connectivity index (χ4v) is 1.32. The molecule has 1 unspecified atom stereocenters. The molecule has 72 valence electrons. The molecule has 0 fully saturated rings. The summed E-state index contributed by atoms with van der Waals surface area (Å²) in [7, 11) is 0. The maximum Gasteiger partial charge on any atom is 0.331 e. The molecule has 0 saturated carbocycles. The molecule has 2 nitrogen and oxygen atoms in total. The summed E-state index contributed by atoms with van der Waals surface area (Å²) in [6.07, 6.45) is 7.32. The Kier molecular flexibility index (Phi) is 2.91. The van der Waals surface area contributed by atoms with Gasteiger partial charge in [-0.2, -0.15) is 0 Å². The number of allylic oxidation sites excluding steroid dienone is 2. The highest BCUT2D eigenvalue weighted by Crippen LogP contribution is 2.24. The molecule has 0 saturated heterocycles. The predicted molar refractivity (Wildman–Crippen MR) is 52.3 cm³/mol. The number of hydrogen-bond donors (Lipinski definition) is 0. The predicted octanol–water partition coefficient (Wildman–Crippen LogP) is 2.60. The molecule has 1 aliphatic heterocycles. The Balaban J connectivity index is 2.41. The van der Waals surface area contributed by atoms with Crippen LogP contribution in [0.4, 0.5) is 0 Å². The van der Waals surface area contributed by atoms with Crippen LogP contribution >= 0.6 is 0 Å². The first kappa shape index (κ1) is 10.0. The fraction of sp³-hybridized carbons (Fsp3) is 0.545. The van der Waals surface area contributed by atoms with Crippen LogP contribution < -0.4 is 0 Å². The Bertz CT molecular complexity index is 259. The molecule has 0 aromatic rings. The second kappa shape index (κ2) is 3.77. The molecule has 1 aliphatic rings. The zero-order chi connectivity index (χ0) is 9.90. The minimum atomic E-state index is -0.372. The molecule has 2 heteroatoms. The van der Waals surface area contributed by atoms with E-state index in [-0.39, 0.29) is 11.6 Å². The second-order valence-electron chi connectivity index (χ2n) is 3.89. The van der Waals surface area contributed by atoms with Gasteiger partial charge in [-0.15, -0.1) is 0 Å². The van der Waals surface area contributed by atoms with Crippen molar-refractivity contribution in [2.45, 2.75) is 39.2 Å². The van der Waals surface area contributed by atoms with Crippen LogP contribution in [0, 0.1) is 0 Å². The monoisotopic (exact) mass is 180 g/mol. The lowest BCUT2D eigenvalue weighted by atomic mass is 10.00. The van der Waals surface area contributed by atoms with Gasteiger partial charge < -0.3 is 4.74 Å². The Morgan fingerprint density at radius 1 is 1.62 bits per heavy atom. The number of carbonyl (C=O) groups is 1. The third-order valence-electron chi connectivity index (χ3n) is 2.10. The van der Waals surface area contributed by atoms with E-state index in [0.29, 0.717) is 0 Å². The average Bonchev–Trinajstić information content (AvgIpc) is 2.30. The van der Waals surface area contributed by atoms with Crippen molar-refractivity contribution in [1.82, 2.24) is 0 Å². The molecule has 1 atom stereocenters. The van der Waals surface area contributed by atoms with Gasteiger partial charge >= 0.3 is 5.97 Å². The topological polar surface area (TPSA) is 26.3 Å². The lowest BCUT2D eigenvalue weighted by molar-refractivity contribution is -0.144. The molecule has 0 radical (unpaired) electrons. The molecular formula is C11H16O2. The van der Waals surface area contributed by atoms with Gasteiger partial charge in [-0.05, 0) is 39.7 Å². The average molecular weight is 180 g/mol. The van der Waals surface area contributed by atoms with Crippen LogP contribution in [0.2, 0.25) is 0 Å². The van der Waals surface area contributed by atoms with Gasteiger partial charge in [0.15, 0.2) is 0 Å². The molecule has 1 heterocycles. The number of ether oxygens (including phenoxy) is 1. The zero-order valence-electron chi connectivity index (χ0n) is 8.46. The SMILES string of the molecule is CC(C)=CCCC1(C)C=CC(=O)O1. The van der Waals surface area contributed by atoms with Crippen LogP contribution in [0.15, 0.2) is 23.8 Å². The Hall–Kier alpha value is -1.05. The largest absolute Gasteiger partial charge is 0.452 e. The van der Waals surface area contributed by atoms with Crippen LogP contribution in [-0.4, -0.2) is 11.6 Å². The van der Waals surface area contributed by atoms with Gasteiger partial charge in [-0.25, -0.2) is 4.79 Å². The summed E-state index contributed by atoms with van der Waals surface area (Å²) in [5.41, 5.74) is 0.931. The lowest BCUT2D eigenvalue weighted by Crippen LogP contribution is -2.23. The standard InChI is InChI=1S/C11H16O2/c1-9(2)5-4-7-11(3)8-6-10(12)13-11/h5-6,8H,4,7H2,1-3H3. The normalized spacial score (nSPS) is 25.9. The maximum absolute atomic E-state index is 10.8. The van der Waals surface area contributed by atoms with E-state index in [1.54, 1.807) is 0 Å². The van der Waals surface area contributed by atoms with E-state index >= 15 is 0 Å². The lowest BCUT2D eigenvalue weighted by Gasteiger charge is -2.20. The highest BCUT2D eigenvalue weighted by Gasteiger charge is 2.29. The molecule has 0 spiro atoms. The molecular weight excluding hydrogens is 164 g/mol. The number of rotatable bonds is 3. The van der Waals surface area contributed by atoms with Crippen LogP contribution in [0.25, 0.3) is 0 Å². The summed E-state index contributed by atoms with van der Waals surface area (Å²) in [4.78, 5) is 10.8. The summed E-state index contributed by atoms with van der Waals surface area (Å²) in [6, 6.07) is 0. The van der Waals surface area contributed by atoms with E-state index in [1.165, 1.54) is 11.6 Å². The van der Waals surface area contributed by atoms with Gasteiger partial charge in [0.25, 0.3) is 0 Å². The first-order valence-corrected chi connectivity index (χ1v) is 4.57. The quantitative estimate of drug-likeness (QED) is 0.493. The summed E-state index contributed by atoms with van der Waals surface area (Å²) in [6.45, 7) is 6.07. The zero-order valence-corrected chi connectivity index (χ0v) is 8.46. The second-order valence-corrected chi connectivity index (χ2v) is 3.89. The van der Waals surface area contributed by atoms with Crippen LogP contribution in [0.5, 0.6) is 0 Å². The van der Waals surface area contributed by atoms with Gasteiger partial charge in [0.05, 0.1) is 0 Å². The van der Waals surface area contributed by atoms with Crippen molar-refractivity contribution >= 4 is 5.97 Å². The van der Waals surface area contributed by atoms with Crippen molar-refractivity contribution in [2.75, 3.05) is 0 Å². The number of hydrogen-bond acceptors (Lipinski definition) is 2. The van der Waals surface area contributed by atoms with Gasteiger partial charge in [-0.3, -0.25) is 0 Å². The first-order chi connectivity index (χ1) is 6.02. The van der Waals surface area contributed by atoms with Crippen molar-refractivity contribution in [3.8, 4) is 0 Å². The van der Waals surface area contributed by atoms with E-state index in [4.69, 9.17) is 4.74 Å². The summed E-state index contributed by atoms with van der Waals surface area (Å²) in [5.74, 6) is -0.222. The van der Waals surface area contributed by atoms with Gasteiger partial charge in [0, 0.05) is 6.08 Å². The molecule has 13 heavy (non-hydrogen) atoms. The van der Waals surface area contributed by atoms with Crippen molar-refractivity contribution in [3.63, 3.8) is 0 Å². The number of cyclic esters (lactones) is 1. The van der Waals surface area contributed by atoms with Gasteiger partial charge in [0.1, 0.15) is 5.60 Å². The number of carbonyl (C=O) groups excluding carboxylic acids is 1. The van der Waals surface area contributed by atoms with E-state index in [1.807, 2.05) is 13.0 Å². The first-order valence-electron chi connectivity index (χ1n) is 4.57. The Morgan fingerprint density at radius 3 is 2.77 bits per heavy atom. The molecule has 0 aromatic heterocycles. The minimum absolute atomic E-state index is 0.222. The minimum Gasteiger partial charge on any atom is -0.452 e. The van der Waals surface area contributed by atoms with Crippen molar-refractivity contribution in [2.24, 2.45) is 0 Å². The summed E-state index contributed by atoms with van der Waals surface area (Å²) >= 11 is 0. The highest BCUT2D eigenvalue weighted by atomic mass is 16.6. The third-order valence-corrected chi connectivity index (χ3v) is 2.10. The summed E-state index contributed by atoms with van der Waals surface area (Å²) < 4.78 is 5.15. The van der Waals surface area contributed by atoms with Crippen molar-refractivity contribution in [1.29, 1.82) is 0 Å². The Morgan fingerprint density at radius 2 is 2.31 bits per heavy atom. The van der Waals surface area contributed by atoms with Gasteiger partial charge in [0.2, 0.25) is 0 Å². The molecule has 0 bridgehead atoms. The van der Waals surface area contributed by atoms with E-state index in [0.717, 1.165) is 12.8 Å². The maximum atomic E-state index is 10.8. The highest BCUT2D eigenvalue weighted by molar-refractivity contribution is 5.85. The van der Waals surface area contributed by atoms with Crippen LogP contribution in [0.1, 0.15) is 33.6 Å². The molecule has 1 rings (SSSR count). The van der Waals surface area contributed by atoms with Crippen LogP contribution in [-0.2, 0) is 9.53 Å². The van der Waals surface area contributed by atoms with Gasteiger partial charge in [-0.1, -0.05) is 11.6 Å². The van der Waals surface area contributed by atoms with Crippen molar-refractivity contribution in [3.05, 3.63) is 23.8 Å². The van der Waals surface area contributed by atoms with E-state index in [9.17, 15) is 4.79 Å². The molecule has 0 N–H and O–H groups in total. The smallest absolute Gasteiger partial charge is 0.331 e.